The van der Waals surface area contributed by atoms with Crippen LogP contribution in [0.1, 0.15) is 0 Å². The Kier molecular flexibility index (Phi) is 3.41. The fourth-order valence-corrected chi connectivity index (χ4v) is 1.24. The third kappa shape index (κ3) is 3.73. The summed E-state index contributed by atoms with van der Waals surface area (Å²) in [7, 11) is 0. The number of benzene rings is 1. The van der Waals surface area contributed by atoms with E-state index in [1.165, 1.54) is 30.5 Å². The maximum absolute atomic E-state index is 12.2. The first-order valence-electron chi connectivity index (χ1n) is 5.05. The van der Waals surface area contributed by atoms with E-state index >= 15 is 0 Å². The highest BCUT2D eigenvalue weighted by Gasteiger charge is 2.32. The summed E-state index contributed by atoms with van der Waals surface area (Å²) in [5.41, 5.74) is 5.41. The van der Waals surface area contributed by atoms with Gasteiger partial charge in [-0.2, -0.15) is 4.98 Å². The molecule has 1 aromatic heterocycles. The van der Waals surface area contributed by atoms with E-state index in [2.05, 4.69) is 14.7 Å². The number of anilines is 1. The highest BCUT2D eigenvalue weighted by molar-refractivity contribution is 5.41. The van der Waals surface area contributed by atoms with Crippen molar-refractivity contribution in [3.8, 4) is 17.5 Å². The molecule has 2 N–H and O–H groups in total. The van der Waals surface area contributed by atoms with Crippen LogP contribution in [0.25, 0.3) is 0 Å². The van der Waals surface area contributed by atoms with Gasteiger partial charge in [-0.3, -0.25) is 0 Å². The maximum atomic E-state index is 12.2. The van der Waals surface area contributed by atoms with E-state index < -0.39 is 12.1 Å². The largest absolute Gasteiger partial charge is 0.573 e. The Hall–Kier alpha value is -2.51. The number of alkyl halides is 3. The minimum Gasteiger partial charge on any atom is -0.420 e. The Morgan fingerprint density at radius 2 is 1.74 bits per heavy atom. The van der Waals surface area contributed by atoms with Gasteiger partial charge in [0.2, 0.25) is 0 Å². The van der Waals surface area contributed by atoms with Gasteiger partial charge >= 0.3 is 12.4 Å². The monoisotopic (exact) mass is 271 g/mol. The van der Waals surface area contributed by atoms with E-state index in [1.807, 2.05) is 0 Å². The molecule has 0 spiro atoms. The van der Waals surface area contributed by atoms with Crippen LogP contribution in [0.5, 0.6) is 17.5 Å². The number of rotatable bonds is 3. The number of aromatic nitrogens is 2. The van der Waals surface area contributed by atoms with Gasteiger partial charge in [0, 0.05) is 6.20 Å². The molecule has 0 aliphatic carbocycles. The number of para-hydroxylation sites is 2. The van der Waals surface area contributed by atoms with Gasteiger partial charge in [0.15, 0.2) is 11.5 Å². The summed E-state index contributed by atoms with van der Waals surface area (Å²) in [6.45, 7) is 0. The Morgan fingerprint density at radius 1 is 1.05 bits per heavy atom. The van der Waals surface area contributed by atoms with Crippen molar-refractivity contribution < 1.29 is 22.6 Å². The highest BCUT2D eigenvalue weighted by atomic mass is 19.4. The number of hydrogen-bond acceptors (Lipinski definition) is 5. The summed E-state index contributed by atoms with van der Waals surface area (Å²) in [5, 5.41) is 0. The molecule has 0 saturated heterocycles. The molecule has 0 aliphatic heterocycles. The number of nitrogens with two attached hydrogens (primary N) is 1. The third-order valence-corrected chi connectivity index (χ3v) is 1.93. The molecule has 19 heavy (non-hydrogen) atoms. The summed E-state index contributed by atoms with van der Waals surface area (Å²) in [5.74, 6) is -0.509. The van der Waals surface area contributed by atoms with Crippen molar-refractivity contribution in [2.24, 2.45) is 0 Å². The lowest BCUT2D eigenvalue weighted by Crippen LogP contribution is -2.17. The fourth-order valence-electron chi connectivity index (χ4n) is 1.24. The van der Waals surface area contributed by atoms with Gasteiger partial charge in [0.1, 0.15) is 5.82 Å². The zero-order valence-electron chi connectivity index (χ0n) is 9.39. The fraction of sp³-hybridized carbons (Fsp3) is 0.0909. The van der Waals surface area contributed by atoms with E-state index in [1.54, 1.807) is 0 Å². The van der Waals surface area contributed by atoms with Crippen LogP contribution >= 0.6 is 0 Å². The van der Waals surface area contributed by atoms with Crippen LogP contribution in [0.15, 0.2) is 36.5 Å². The molecule has 1 aromatic carbocycles. The lowest BCUT2D eigenvalue weighted by Gasteiger charge is -2.12. The molecule has 0 fully saturated rings. The second kappa shape index (κ2) is 5.01. The number of ether oxygens (including phenoxy) is 2. The molecule has 0 saturated carbocycles. The van der Waals surface area contributed by atoms with Crippen molar-refractivity contribution in [3.05, 3.63) is 36.5 Å². The first kappa shape index (κ1) is 12.9. The van der Waals surface area contributed by atoms with Crippen LogP contribution in [0.4, 0.5) is 19.0 Å². The second-order valence-electron chi connectivity index (χ2n) is 3.36. The Labute approximate surface area is 105 Å². The molecule has 100 valence electrons. The molecule has 2 rings (SSSR count). The third-order valence-electron chi connectivity index (χ3n) is 1.93. The van der Waals surface area contributed by atoms with Gasteiger partial charge in [0.05, 0.1) is 0 Å². The van der Waals surface area contributed by atoms with Crippen molar-refractivity contribution in [1.29, 1.82) is 0 Å². The zero-order chi connectivity index (χ0) is 13.9. The Bertz CT molecular complexity index is 575. The topological polar surface area (TPSA) is 70.3 Å². The van der Waals surface area contributed by atoms with E-state index in [0.29, 0.717) is 0 Å². The highest BCUT2D eigenvalue weighted by Crippen LogP contribution is 2.33. The molecule has 0 bridgehead atoms. The van der Waals surface area contributed by atoms with Crippen LogP contribution in [0, 0.1) is 0 Å². The minimum absolute atomic E-state index is 0.138. The Morgan fingerprint density at radius 3 is 2.37 bits per heavy atom. The van der Waals surface area contributed by atoms with Crippen LogP contribution in [0.3, 0.4) is 0 Å². The summed E-state index contributed by atoms with van der Waals surface area (Å²) in [6, 6.07) is 6.55. The quantitative estimate of drug-likeness (QED) is 0.929. The lowest BCUT2D eigenvalue weighted by atomic mass is 10.3. The SMILES string of the molecule is Nc1ccnc(Oc2ccccc2OC(F)(F)F)n1. The maximum Gasteiger partial charge on any atom is 0.573 e. The summed E-state index contributed by atoms with van der Waals surface area (Å²) >= 11 is 0. The van der Waals surface area contributed by atoms with Crippen LogP contribution in [-0.2, 0) is 0 Å². The van der Waals surface area contributed by atoms with E-state index in [0.717, 1.165) is 6.07 Å². The van der Waals surface area contributed by atoms with Crippen LogP contribution in [-0.4, -0.2) is 16.3 Å². The summed E-state index contributed by atoms with van der Waals surface area (Å²) < 4.78 is 45.5. The van der Waals surface area contributed by atoms with Gasteiger partial charge in [0.25, 0.3) is 0 Å². The minimum atomic E-state index is -4.81. The van der Waals surface area contributed by atoms with E-state index in [9.17, 15) is 13.2 Å². The molecule has 0 radical (unpaired) electrons. The van der Waals surface area contributed by atoms with Crippen LogP contribution in [0.2, 0.25) is 0 Å². The van der Waals surface area contributed by atoms with E-state index in [-0.39, 0.29) is 17.6 Å². The van der Waals surface area contributed by atoms with Gasteiger partial charge < -0.3 is 15.2 Å². The second-order valence-corrected chi connectivity index (χ2v) is 3.36. The number of nitrogen functional groups attached to an aromatic ring is 1. The average Bonchev–Trinajstić information content (AvgIpc) is 2.30. The molecular formula is C11H8F3N3O2. The van der Waals surface area contributed by atoms with Crippen LogP contribution < -0.4 is 15.2 Å². The van der Waals surface area contributed by atoms with Crippen molar-refractivity contribution in [3.63, 3.8) is 0 Å². The average molecular weight is 271 g/mol. The normalized spacial score (nSPS) is 11.1. The molecular weight excluding hydrogens is 263 g/mol. The smallest absolute Gasteiger partial charge is 0.420 e. The number of nitrogens with zero attached hydrogens (tertiary/aromatic N) is 2. The van der Waals surface area contributed by atoms with Gasteiger partial charge in [-0.1, -0.05) is 12.1 Å². The van der Waals surface area contributed by atoms with Crippen molar-refractivity contribution in [2.75, 3.05) is 5.73 Å². The Balaban J connectivity index is 2.25. The van der Waals surface area contributed by atoms with Crippen molar-refractivity contribution in [1.82, 2.24) is 9.97 Å². The van der Waals surface area contributed by atoms with Crippen molar-refractivity contribution >= 4 is 5.82 Å². The zero-order valence-corrected chi connectivity index (χ0v) is 9.39. The molecule has 0 aliphatic rings. The van der Waals surface area contributed by atoms with Gasteiger partial charge in [-0.15, -0.1) is 13.2 Å². The molecule has 8 heteroatoms. The predicted octanol–water partition coefficient (Wildman–Crippen LogP) is 2.75. The first-order valence-corrected chi connectivity index (χ1v) is 5.05. The molecule has 0 amide bonds. The first-order chi connectivity index (χ1) is 8.94. The number of halogens is 3. The molecule has 0 unspecified atom stereocenters. The van der Waals surface area contributed by atoms with Crippen molar-refractivity contribution in [2.45, 2.75) is 6.36 Å². The van der Waals surface area contributed by atoms with Gasteiger partial charge in [-0.05, 0) is 18.2 Å². The van der Waals surface area contributed by atoms with E-state index in [4.69, 9.17) is 10.5 Å². The molecule has 2 aromatic rings. The summed E-state index contributed by atoms with van der Waals surface area (Å²) in [6.07, 6.45) is -3.49. The molecule has 1 heterocycles. The predicted molar refractivity (Wildman–Crippen MR) is 59.6 cm³/mol. The number of hydrogen-bond donors (Lipinski definition) is 1. The molecule has 0 atom stereocenters. The van der Waals surface area contributed by atoms with Gasteiger partial charge in [-0.25, -0.2) is 4.98 Å². The molecule has 5 nitrogen and oxygen atoms in total. The summed E-state index contributed by atoms with van der Waals surface area (Å²) in [4.78, 5) is 7.44. The standard InChI is InChI=1S/C11H8F3N3O2/c12-11(13,14)19-8-4-2-1-3-7(8)18-10-16-6-5-9(15)17-10/h1-6H,(H2,15,16,17). The lowest BCUT2D eigenvalue weighted by molar-refractivity contribution is -0.275.